The van der Waals surface area contributed by atoms with Crippen molar-refractivity contribution in [2.24, 2.45) is 0 Å². The summed E-state index contributed by atoms with van der Waals surface area (Å²) >= 11 is 0. The van der Waals surface area contributed by atoms with Crippen LogP contribution >= 0.6 is 0 Å². The van der Waals surface area contributed by atoms with E-state index < -0.39 is 23.3 Å². The molecule has 0 spiro atoms. The molecule has 1 unspecified atom stereocenters. The van der Waals surface area contributed by atoms with Gasteiger partial charge in [-0.2, -0.15) is 23.3 Å². The van der Waals surface area contributed by atoms with Gasteiger partial charge in [-0.05, 0) is 67.7 Å². The summed E-state index contributed by atoms with van der Waals surface area (Å²) in [4.78, 5) is 34.9. The van der Waals surface area contributed by atoms with Crippen molar-refractivity contribution in [3.8, 4) is 11.1 Å². The number of carbonyl (C=O) groups is 1. The Kier molecular flexibility index (Phi) is 11.3. The summed E-state index contributed by atoms with van der Waals surface area (Å²) in [5, 5.41) is 4.50. The lowest BCUT2D eigenvalue weighted by Crippen LogP contribution is -2.42. The van der Waals surface area contributed by atoms with Gasteiger partial charge in [-0.25, -0.2) is 4.68 Å². The molecule has 10 heteroatoms. The van der Waals surface area contributed by atoms with Crippen LogP contribution in [0.5, 0.6) is 0 Å². The molecule has 7 nitrogen and oxygen atoms in total. The Hall–Kier alpha value is -4.31. The first-order valence-corrected chi connectivity index (χ1v) is 15.3. The van der Waals surface area contributed by atoms with Crippen LogP contribution < -0.4 is 5.56 Å². The molecule has 238 valence electrons. The molecular formula is C35H40F3N5O2. The zero-order valence-electron chi connectivity index (χ0n) is 26.2. The Labute approximate surface area is 262 Å². The molecular weight excluding hydrogens is 579 g/mol. The molecule has 0 saturated carbocycles. The van der Waals surface area contributed by atoms with Crippen molar-refractivity contribution in [1.82, 2.24) is 24.6 Å². The van der Waals surface area contributed by atoms with Crippen LogP contribution in [0.25, 0.3) is 11.1 Å². The molecule has 4 aromatic rings. The van der Waals surface area contributed by atoms with Crippen LogP contribution in [0.3, 0.4) is 0 Å². The van der Waals surface area contributed by atoms with Crippen LogP contribution in [0.15, 0.2) is 83.7 Å². The molecule has 0 fully saturated rings. The minimum Gasteiger partial charge on any atom is -0.335 e. The number of alkyl halides is 3. The molecule has 1 aromatic heterocycles. The number of halogens is 3. The molecule has 1 heterocycles. The van der Waals surface area contributed by atoms with Crippen LogP contribution in [0.2, 0.25) is 0 Å². The summed E-state index contributed by atoms with van der Waals surface area (Å²) in [7, 11) is 0. The van der Waals surface area contributed by atoms with Gasteiger partial charge >= 0.3 is 6.18 Å². The van der Waals surface area contributed by atoms with E-state index in [0.717, 1.165) is 41.9 Å². The predicted molar refractivity (Wildman–Crippen MR) is 170 cm³/mol. The maximum absolute atomic E-state index is 14.1. The van der Waals surface area contributed by atoms with Gasteiger partial charge in [0.25, 0.3) is 5.56 Å². The van der Waals surface area contributed by atoms with Gasteiger partial charge in [-0.3, -0.25) is 9.59 Å². The van der Waals surface area contributed by atoms with Gasteiger partial charge < -0.3 is 9.80 Å². The van der Waals surface area contributed by atoms with E-state index >= 15 is 0 Å². The number of nitrogens with zero attached hydrogens (tertiary/aromatic N) is 5. The zero-order valence-corrected chi connectivity index (χ0v) is 26.2. The maximum Gasteiger partial charge on any atom is 0.416 e. The number of amides is 1. The first-order valence-electron chi connectivity index (χ1n) is 15.3. The number of likely N-dealkylation sites (N-methyl/N-ethyl adjacent to an activating group) is 1. The molecule has 0 aliphatic rings. The highest BCUT2D eigenvalue weighted by molar-refractivity contribution is 5.80. The highest BCUT2D eigenvalue weighted by Crippen LogP contribution is 2.31. The Morgan fingerprint density at radius 2 is 1.44 bits per heavy atom. The van der Waals surface area contributed by atoms with Gasteiger partial charge in [0, 0.05) is 26.1 Å². The summed E-state index contributed by atoms with van der Waals surface area (Å²) in [6.45, 7) is 10.7. The molecule has 0 N–H and O–H groups in total. The fourth-order valence-corrected chi connectivity index (χ4v) is 5.21. The average Bonchev–Trinajstić information content (AvgIpc) is 3.04. The molecule has 4 rings (SSSR count). The molecule has 1 amide bonds. The van der Waals surface area contributed by atoms with Gasteiger partial charge in [-0.1, -0.05) is 80.6 Å². The average molecular weight is 620 g/mol. The number of hydrogen-bond acceptors (Lipinski definition) is 5. The smallest absolute Gasteiger partial charge is 0.335 e. The largest absolute Gasteiger partial charge is 0.416 e. The van der Waals surface area contributed by atoms with E-state index in [1.807, 2.05) is 54.6 Å². The maximum atomic E-state index is 14.1. The van der Waals surface area contributed by atoms with Gasteiger partial charge in [0.15, 0.2) is 0 Å². The lowest BCUT2D eigenvalue weighted by Gasteiger charge is -2.30. The van der Waals surface area contributed by atoms with Crippen molar-refractivity contribution < 1.29 is 18.0 Å². The van der Waals surface area contributed by atoms with E-state index in [9.17, 15) is 22.8 Å². The molecule has 0 aliphatic carbocycles. The fourth-order valence-electron chi connectivity index (χ4n) is 5.21. The van der Waals surface area contributed by atoms with E-state index in [4.69, 9.17) is 0 Å². The van der Waals surface area contributed by atoms with Crippen molar-refractivity contribution >= 4 is 5.91 Å². The van der Waals surface area contributed by atoms with Crippen molar-refractivity contribution in [3.63, 3.8) is 0 Å². The van der Waals surface area contributed by atoms with Crippen molar-refractivity contribution in [2.75, 3.05) is 26.2 Å². The quantitative estimate of drug-likeness (QED) is 0.175. The standard InChI is InChI=1S/C35H40F3N5O2/c1-5-41(6-2)22-23-42(24-28-12-15-29(16-13-28)30-17-19-31(20-18-30)35(36,37)38)34(45)26(4)43-32(39-33(44)25(3)40-43)21-14-27-10-8-7-9-11-27/h7-13,15-20,26H,5-6,14,21-24H2,1-4H3. The van der Waals surface area contributed by atoms with E-state index in [0.29, 0.717) is 43.9 Å². The minimum atomic E-state index is -4.39. The van der Waals surface area contributed by atoms with Crippen LogP contribution in [-0.2, 0) is 30.4 Å². The van der Waals surface area contributed by atoms with Crippen molar-refractivity contribution in [3.05, 3.63) is 117 Å². The topological polar surface area (TPSA) is 71.3 Å². The SMILES string of the molecule is CCN(CC)CCN(Cc1ccc(-c2ccc(C(F)(F)F)cc2)cc1)C(=O)C(C)n1nc(C)c(=O)nc1CCc1ccccc1. The molecule has 0 aliphatic heterocycles. The summed E-state index contributed by atoms with van der Waals surface area (Å²) in [6, 6.07) is 21.7. The van der Waals surface area contributed by atoms with Crippen LogP contribution in [0.4, 0.5) is 13.2 Å². The second-order valence-electron chi connectivity index (χ2n) is 11.1. The van der Waals surface area contributed by atoms with Gasteiger partial charge in [0.2, 0.25) is 5.91 Å². The lowest BCUT2D eigenvalue weighted by atomic mass is 10.0. The van der Waals surface area contributed by atoms with Crippen molar-refractivity contribution in [2.45, 2.75) is 59.3 Å². The predicted octanol–water partition coefficient (Wildman–Crippen LogP) is 6.35. The molecule has 0 saturated heterocycles. The number of aromatic nitrogens is 3. The number of carbonyl (C=O) groups excluding carboxylic acids is 1. The molecule has 45 heavy (non-hydrogen) atoms. The highest BCUT2D eigenvalue weighted by atomic mass is 19.4. The number of rotatable bonds is 13. The normalized spacial score (nSPS) is 12.4. The van der Waals surface area contributed by atoms with E-state index in [2.05, 4.69) is 28.8 Å². The van der Waals surface area contributed by atoms with Crippen LogP contribution in [0, 0.1) is 6.92 Å². The Bertz CT molecular complexity index is 1600. The Balaban J connectivity index is 1.57. The summed E-state index contributed by atoms with van der Waals surface area (Å²) in [6.07, 6.45) is -3.28. The van der Waals surface area contributed by atoms with E-state index in [1.165, 1.54) is 12.1 Å². The summed E-state index contributed by atoms with van der Waals surface area (Å²) in [5.74, 6) is 0.312. The second-order valence-corrected chi connectivity index (χ2v) is 11.1. The third-order valence-corrected chi connectivity index (χ3v) is 8.03. The third-order valence-electron chi connectivity index (χ3n) is 8.03. The number of aryl methyl sites for hydroxylation is 3. The van der Waals surface area contributed by atoms with Gasteiger partial charge in [-0.15, -0.1) is 0 Å². The monoisotopic (exact) mass is 619 g/mol. The molecule has 3 aromatic carbocycles. The molecule has 0 bridgehead atoms. The first kappa shape index (κ1) is 33.6. The summed E-state index contributed by atoms with van der Waals surface area (Å²) < 4.78 is 40.6. The highest BCUT2D eigenvalue weighted by Gasteiger charge is 2.30. The van der Waals surface area contributed by atoms with E-state index in [-0.39, 0.29) is 11.6 Å². The fraction of sp³-hybridized carbons (Fsp3) is 0.371. The Morgan fingerprint density at radius 3 is 2.02 bits per heavy atom. The van der Waals surface area contributed by atoms with Gasteiger partial charge in [0.1, 0.15) is 17.6 Å². The first-order chi connectivity index (χ1) is 21.5. The summed E-state index contributed by atoms with van der Waals surface area (Å²) in [5.41, 5.74) is 2.57. The van der Waals surface area contributed by atoms with Crippen LogP contribution in [0.1, 0.15) is 55.0 Å². The van der Waals surface area contributed by atoms with Gasteiger partial charge in [0.05, 0.1) is 5.56 Å². The Morgan fingerprint density at radius 1 is 0.844 bits per heavy atom. The minimum absolute atomic E-state index is 0.146. The third kappa shape index (κ3) is 8.88. The van der Waals surface area contributed by atoms with Crippen LogP contribution in [-0.4, -0.2) is 56.7 Å². The van der Waals surface area contributed by atoms with Crippen molar-refractivity contribution in [1.29, 1.82) is 0 Å². The number of benzene rings is 3. The number of hydrogen-bond donors (Lipinski definition) is 0. The van der Waals surface area contributed by atoms with E-state index in [1.54, 1.807) is 23.4 Å². The lowest BCUT2D eigenvalue weighted by molar-refractivity contribution is -0.137. The zero-order chi connectivity index (χ0) is 32.6. The second kappa shape index (κ2) is 15.1. The molecule has 1 atom stereocenters. The molecule has 0 radical (unpaired) electrons.